The number of hydrogen-bond acceptors (Lipinski definition) is 4. The molecule has 6 heteroatoms. The number of rotatable bonds is 6. The molecule has 0 aliphatic heterocycles. The van der Waals surface area contributed by atoms with E-state index in [1.54, 1.807) is 25.1 Å². The Morgan fingerprint density at radius 2 is 2.14 bits per heavy atom. The molecular formula is C15H18N2O4. The normalized spacial score (nSPS) is 10.8. The van der Waals surface area contributed by atoms with Gasteiger partial charge in [-0.2, -0.15) is 0 Å². The van der Waals surface area contributed by atoms with Gasteiger partial charge in [0, 0.05) is 13.0 Å². The predicted octanol–water partition coefficient (Wildman–Crippen LogP) is 2.39. The molecule has 1 N–H and O–H groups in total. The molecule has 0 unspecified atom stereocenters. The Balaban J connectivity index is 2.18. The number of ether oxygens (including phenoxy) is 1. The van der Waals surface area contributed by atoms with Gasteiger partial charge in [-0.1, -0.05) is 0 Å². The third-order valence-electron chi connectivity index (χ3n) is 3.25. The molecule has 0 aliphatic carbocycles. The minimum Gasteiger partial charge on any atom is -0.478 e. The standard InChI is InChI=1S/C15H18N2O4/c1-3-21-14(18)5-4-8-17-10(2)16-12-7-6-11(15(19)20)9-13(12)17/h6-7,9H,3-5,8H2,1-2H3,(H,19,20). The number of nitrogens with zero attached hydrogens (tertiary/aromatic N) is 2. The highest BCUT2D eigenvalue weighted by atomic mass is 16.5. The van der Waals surface area contributed by atoms with Crippen LogP contribution in [0.15, 0.2) is 18.2 Å². The number of carboxylic acid groups (broad SMARTS) is 1. The lowest BCUT2D eigenvalue weighted by Crippen LogP contribution is -2.07. The summed E-state index contributed by atoms with van der Waals surface area (Å²) in [5, 5.41) is 9.06. The number of hydrogen-bond donors (Lipinski definition) is 1. The monoisotopic (exact) mass is 290 g/mol. The quantitative estimate of drug-likeness (QED) is 0.826. The first kappa shape index (κ1) is 15.0. The number of carbonyl (C=O) groups excluding carboxylic acids is 1. The second-order valence-electron chi connectivity index (χ2n) is 4.73. The number of carboxylic acids is 1. The summed E-state index contributed by atoms with van der Waals surface area (Å²) in [5.74, 6) is -0.379. The lowest BCUT2D eigenvalue weighted by molar-refractivity contribution is -0.143. The molecule has 6 nitrogen and oxygen atoms in total. The fourth-order valence-corrected chi connectivity index (χ4v) is 2.27. The Morgan fingerprint density at radius 3 is 2.81 bits per heavy atom. The number of fused-ring (bicyclic) bond motifs is 1. The van der Waals surface area contributed by atoms with Gasteiger partial charge in [0.1, 0.15) is 5.82 Å². The zero-order valence-electron chi connectivity index (χ0n) is 12.1. The highest BCUT2D eigenvalue weighted by Gasteiger charge is 2.11. The molecule has 0 saturated carbocycles. The van der Waals surface area contributed by atoms with Crippen molar-refractivity contribution in [3.63, 3.8) is 0 Å². The summed E-state index contributed by atoms with van der Waals surface area (Å²) in [7, 11) is 0. The summed E-state index contributed by atoms with van der Waals surface area (Å²) >= 11 is 0. The van der Waals surface area contributed by atoms with Crippen molar-refractivity contribution in [2.24, 2.45) is 0 Å². The van der Waals surface area contributed by atoms with Gasteiger partial charge in [-0.05, 0) is 38.5 Å². The fraction of sp³-hybridized carbons (Fsp3) is 0.400. The van der Waals surface area contributed by atoms with Crippen LogP contribution in [0.4, 0.5) is 0 Å². The van der Waals surface area contributed by atoms with E-state index in [0.29, 0.717) is 26.0 Å². The van der Waals surface area contributed by atoms with Gasteiger partial charge in [0.05, 0.1) is 23.2 Å². The van der Waals surface area contributed by atoms with Crippen molar-refractivity contribution in [2.45, 2.75) is 33.2 Å². The van der Waals surface area contributed by atoms with E-state index in [2.05, 4.69) is 4.98 Å². The van der Waals surface area contributed by atoms with E-state index in [0.717, 1.165) is 16.9 Å². The van der Waals surface area contributed by atoms with E-state index in [9.17, 15) is 9.59 Å². The molecule has 1 aromatic heterocycles. The number of benzene rings is 1. The van der Waals surface area contributed by atoms with E-state index in [4.69, 9.17) is 9.84 Å². The van der Waals surface area contributed by atoms with Gasteiger partial charge in [0.15, 0.2) is 0 Å². The minimum atomic E-state index is -0.964. The summed E-state index contributed by atoms with van der Waals surface area (Å²) in [6.45, 7) is 4.63. The Morgan fingerprint density at radius 1 is 1.38 bits per heavy atom. The van der Waals surface area contributed by atoms with Crippen LogP contribution in [0.2, 0.25) is 0 Å². The zero-order valence-corrected chi connectivity index (χ0v) is 12.1. The molecule has 1 aromatic carbocycles. The molecule has 0 fully saturated rings. The Hall–Kier alpha value is -2.37. The van der Waals surface area contributed by atoms with Crippen molar-refractivity contribution in [3.8, 4) is 0 Å². The molecule has 0 aliphatic rings. The first-order chi connectivity index (χ1) is 10.0. The fourth-order valence-electron chi connectivity index (χ4n) is 2.27. The van der Waals surface area contributed by atoms with Gasteiger partial charge in [0.25, 0.3) is 0 Å². The van der Waals surface area contributed by atoms with Crippen LogP contribution in [0.1, 0.15) is 35.9 Å². The Kier molecular flexibility index (Phi) is 4.57. The molecule has 2 rings (SSSR count). The summed E-state index contributed by atoms with van der Waals surface area (Å²) in [6.07, 6.45) is 0.966. The Bertz CT molecular complexity index is 676. The van der Waals surface area contributed by atoms with Crippen molar-refractivity contribution in [1.82, 2.24) is 9.55 Å². The van der Waals surface area contributed by atoms with Crippen molar-refractivity contribution < 1.29 is 19.4 Å². The molecule has 0 saturated heterocycles. The number of aryl methyl sites for hydroxylation is 2. The maximum Gasteiger partial charge on any atom is 0.335 e. The van der Waals surface area contributed by atoms with Crippen molar-refractivity contribution >= 4 is 23.0 Å². The molecule has 0 bridgehead atoms. The molecule has 0 atom stereocenters. The largest absolute Gasteiger partial charge is 0.478 e. The molecule has 0 radical (unpaired) electrons. The smallest absolute Gasteiger partial charge is 0.335 e. The van der Waals surface area contributed by atoms with Gasteiger partial charge < -0.3 is 14.4 Å². The number of aromatic carboxylic acids is 1. The first-order valence-electron chi connectivity index (χ1n) is 6.88. The molecule has 1 heterocycles. The summed E-state index contributed by atoms with van der Waals surface area (Å²) in [6, 6.07) is 4.86. The van der Waals surface area contributed by atoms with Crippen molar-refractivity contribution in [2.75, 3.05) is 6.61 Å². The van der Waals surface area contributed by atoms with Crippen LogP contribution in [0.5, 0.6) is 0 Å². The average molecular weight is 290 g/mol. The molecule has 112 valence electrons. The third kappa shape index (κ3) is 3.39. The average Bonchev–Trinajstić information content (AvgIpc) is 2.74. The van der Waals surface area contributed by atoms with Crippen molar-refractivity contribution in [3.05, 3.63) is 29.6 Å². The van der Waals surface area contributed by atoms with Gasteiger partial charge >= 0.3 is 11.9 Å². The van der Waals surface area contributed by atoms with Gasteiger partial charge in [-0.15, -0.1) is 0 Å². The SMILES string of the molecule is CCOC(=O)CCCn1c(C)nc2ccc(C(=O)O)cc21. The van der Waals surface area contributed by atoms with E-state index >= 15 is 0 Å². The van der Waals surface area contributed by atoms with Crippen LogP contribution in [0.25, 0.3) is 11.0 Å². The highest BCUT2D eigenvalue weighted by molar-refractivity contribution is 5.92. The lowest BCUT2D eigenvalue weighted by Gasteiger charge is -2.07. The molecule has 0 spiro atoms. The van der Waals surface area contributed by atoms with Gasteiger partial charge in [0.2, 0.25) is 0 Å². The topological polar surface area (TPSA) is 81.4 Å². The van der Waals surface area contributed by atoms with Gasteiger partial charge in [-0.25, -0.2) is 9.78 Å². The maximum absolute atomic E-state index is 11.3. The van der Waals surface area contributed by atoms with E-state index < -0.39 is 5.97 Å². The number of aromatic nitrogens is 2. The zero-order chi connectivity index (χ0) is 15.4. The number of imidazole rings is 1. The van der Waals surface area contributed by atoms with Gasteiger partial charge in [-0.3, -0.25) is 4.79 Å². The second kappa shape index (κ2) is 6.39. The summed E-state index contributed by atoms with van der Waals surface area (Å²) in [4.78, 5) is 26.8. The molecular weight excluding hydrogens is 272 g/mol. The first-order valence-corrected chi connectivity index (χ1v) is 6.88. The van der Waals surface area contributed by atoms with Crippen LogP contribution >= 0.6 is 0 Å². The van der Waals surface area contributed by atoms with Crippen LogP contribution < -0.4 is 0 Å². The minimum absolute atomic E-state index is 0.217. The lowest BCUT2D eigenvalue weighted by atomic mass is 10.2. The van der Waals surface area contributed by atoms with E-state index in [1.165, 1.54) is 0 Å². The van der Waals surface area contributed by atoms with Crippen LogP contribution in [0.3, 0.4) is 0 Å². The summed E-state index contributed by atoms with van der Waals surface area (Å²) in [5.41, 5.74) is 1.76. The molecule has 21 heavy (non-hydrogen) atoms. The second-order valence-corrected chi connectivity index (χ2v) is 4.73. The number of esters is 1. The molecule has 0 amide bonds. The highest BCUT2D eigenvalue weighted by Crippen LogP contribution is 2.18. The third-order valence-corrected chi connectivity index (χ3v) is 3.25. The van der Waals surface area contributed by atoms with Crippen LogP contribution in [0, 0.1) is 6.92 Å². The number of carbonyl (C=O) groups is 2. The predicted molar refractivity (Wildman–Crippen MR) is 77.3 cm³/mol. The van der Waals surface area contributed by atoms with E-state index in [1.807, 2.05) is 11.5 Å². The maximum atomic E-state index is 11.3. The van der Waals surface area contributed by atoms with E-state index in [-0.39, 0.29) is 11.5 Å². The van der Waals surface area contributed by atoms with Crippen molar-refractivity contribution in [1.29, 1.82) is 0 Å². The Labute approximate surface area is 122 Å². The van der Waals surface area contributed by atoms with Crippen LogP contribution in [-0.4, -0.2) is 33.2 Å². The summed E-state index contributed by atoms with van der Waals surface area (Å²) < 4.78 is 6.82. The van der Waals surface area contributed by atoms with Crippen LogP contribution in [-0.2, 0) is 16.1 Å². The molecule has 2 aromatic rings.